The van der Waals surface area contributed by atoms with Crippen LogP contribution in [0.4, 0.5) is 0 Å². The zero-order valence-electron chi connectivity index (χ0n) is 11.8. The highest BCUT2D eigenvalue weighted by atomic mass is 32.2. The van der Waals surface area contributed by atoms with Crippen molar-refractivity contribution in [1.29, 1.82) is 0 Å². The maximum absolute atomic E-state index is 12.1. The summed E-state index contributed by atoms with van der Waals surface area (Å²) in [7, 11) is -1.47. The molecule has 6 nitrogen and oxygen atoms in total. The second kappa shape index (κ2) is 7.96. The Morgan fingerprint density at radius 1 is 1.37 bits per heavy atom. The normalized spacial score (nSPS) is 18.6. The van der Waals surface area contributed by atoms with Crippen molar-refractivity contribution in [2.45, 2.75) is 19.9 Å². The lowest BCUT2D eigenvalue weighted by molar-refractivity contribution is 0.443. The monoisotopic (exact) mass is 308 g/mol. The van der Waals surface area contributed by atoms with E-state index in [1.807, 2.05) is 13.8 Å². The summed E-state index contributed by atoms with van der Waals surface area (Å²) in [5.41, 5.74) is 0. The molecular formula is C11H24N4O2S2. The molecule has 1 rings (SSSR count). The van der Waals surface area contributed by atoms with Gasteiger partial charge >= 0.3 is 0 Å². The van der Waals surface area contributed by atoms with E-state index in [2.05, 4.69) is 15.6 Å². The number of guanidine groups is 1. The van der Waals surface area contributed by atoms with Gasteiger partial charge < -0.3 is 10.6 Å². The molecule has 0 aromatic heterocycles. The molecule has 1 fully saturated rings. The fourth-order valence-corrected chi connectivity index (χ4v) is 4.21. The molecule has 19 heavy (non-hydrogen) atoms. The molecule has 0 aliphatic carbocycles. The van der Waals surface area contributed by atoms with Crippen LogP contribution in [-0.2, 0) is 10.0 Å². The first-order valence-electron chi connectivity index (χ1n) is 6.48. The van der Waals surface area contributed by atoms with Crippen molar-refractivity contribution >= 4 is 27.7 Å². The average Bonchev–Trinajstić information content (AvgIpc) is 2.38. The van der Waals surface area contributed by atoms with E-state index in [9.17, 15) is 8.42 Å². The summed E-state index contributed by atoms with van der Waals surface area (Å²) in [4.78, 5) is 4.04. The molecule has 1 saturated heterocycles. The van der Waals surface area contributed by atoms with Crippen LogP contribution in [0.15, 0.2) is 4.99 Å². The topological polar surface area (TPSA) is 73.8 Å². The maximum Gasteiger partial charge on any atom is 0.215 e. The van der Waals surface area contributed by atoms with Crippen LogP contribution in [0.25, 0.3) is 0 Å². The molecule has 1 aliphatic rings. The van der Waals surface area contributed by atoms with Gasteiger partial charge in [0.15, 0.2) is 5.96 Å². The molecule has 0 bridgehead atoms. The molecule has 112 valence electrons. The van der Waals surface area contributed by atoms with E-state index in [0.29, 0.717) is 25.6 Å². The number of nitrogens with zero attached hydrogens (tertiary/aromatic N) is 2. The molecule has 0 aromatic carbocycles. The van der Waals surface area contributed by atoms with Crippen LogP contribution < -0.4 is 10.6 Å². The van der Waals surface area contributed by atoms with Crippen LogP contribution in [0.2, 0.25) is 0 Å². The Balaban J connectivity index is 2.38. The molecule has 0 saturated carbocycles. The summed E-state index contributed by atoms with van der Waals surface area (Å²) in [6.45, 7) is 5.65. The fourth-order valence-electron chi connectivity index (χ4n) is 1.72. The van der Waals surface area contributed by atoms with E-state index in [0.717, 1.165) is 11.5 Å². The molecule has 8 heteroatoms. The predicted molar refractivity (Wildman–Crippen MR) is 82.3 cm³/mol. The second-order valence-corrected chi connectivity index (χ2v) is 7.94. The summed E-state index contributed by atoms with van der Waals surface area (Å²) in [6.07, 6.45) is 0. The largest absolute Gasteiger partial charge is 0.355 e. The number of thioether (sulfide) groups is 1. The highest BCUT2D eigenvalue weighted by molar-refractivity contribution is 7.99. The summed E-state index contributed by atoms with van der Waals surface area (Å²) in [5.74, 6) is 2.53. The average molecular weight is 308 g/mol. The maximum atomic E-state index is 12.1. The van der Waals surface area contributed by atoms with E-state index < -0.39 is 10.0 Å². The third kappa shape index (κ3) is 6.01. The van der Waals surface area contributed by atoms with Gasteiger partial charge in [-0.1, -0.05) is 0 Å². The Hall–Kier alpha value is -0.470. The SMILES string of the molecule is CN=C(NCCS(=O)(=O)N1CCSCC1)NC(C)C. The molecule has 2 N–H and O–H groups in total. The first kappa shape index (κ1) is 16.6. The minimum Gasteiger partial charge on any atom is -0.355 e. The van der Waals surface area contributed by atoms with Gasteiger partial charge in [0.2, 0.25) is 10.0 Å². The second-order valence-electron chi connectivity index (χ2n) is 4.63. The number of hydrogen-bond acceptors (Lipinski definition) is 4. The van der Waals surface area contributed by atoms with Gasteiger partial charge in [0.25, 0.3) is 0 Å². The van der Waals surface area contributed by atoms with Crippen molar-refractivity contribution in [2.75, 3.05) is 43.9 Å². The van der Waals surface area contributed by atoms with Crippen molar-refractivity contribution in [3.8, 4) is 0 Å². The Kier molecular flexibility index (Phi) is 6.95. The van der Waals surface area contributed by atoms with Crippen molar-refractivity contribution in [3.63, 3.8) is 0 Å². The molecule has 0 radical (unpaired) electrons. The summed E-state index contributed by atoms with van der Waals surface area (Å²) >= 11 is 1.80. The van der Waals surface area contributed by atoms with Crippen molar-refractivity contribution in [1.82, 2.24) is 14.9 Å². The molecule has 0 atom stereocenters. The Morgan fingerprint density at radius 3 is 2.53 bits per heavy atom. The molecule has 0 amide bonds. The molecule has 0 spiro atoms. The number of aliphatic imine (C=N–C) groups is 1. The van der Waals surface area contributed by atoms with Crippen LogP contribution in [0.5, 0.6) is 0 Å². The number of hydrogen-bond donors (Lipinski definition) is 2. The number of nitrogens with one attached hydrogen (secondary N) is 2. The van der Waals surface area contributed by atoms with Gasteiger partial charge in [-0.05, 0) is 13.8 Å². The summed E-state index contributed by atoms with van der Waals surface area (Å²) in [6, 6.07) is 0.266. The van der Waals surface area contributed by atoms with Gasteiger partial charge in [0.1, 0.15) is 0 Å². The molecular weight excluding hydrogens is 284 g/mol. The Labute approximate surface area is 120 Å². The van der Waals surface area contributed by atoms with Gasteiger partial charge in [-0.3, -0.25) is 4.99 Å². The lowest BCUT2D eigenvalue weighted by Gasteiger charge is -2.25. The van der Waals surface area contributed by atoms with Gasteiger partial charge in [-0.2, -0.15) is 11.8 Å². The molecule has 0 aromatic rings. The molecule has 0 unspecified atom stereocenters. The van der Waals surface area contributed by atoms with Crippen LogP contribution >= 0.6 is 11.8 Å². The highest BCUT2D eigenvalue weighted by Gasteiger charge is 2.23. The van der Waals surface area contributed by atoms with Crippen LogP contribution in [0.1, 0.15) is 13.8 Å². The van der Waals surface area contributed by atoms with E-state index in [4.69, 9.17) is 0 Å². The predicted octanol–water partition coefficient (Wildman–Crippen LogP) is -0.0616. The zero-order valence-corrected chi connectivity index (χ0v) is 13.5. The highest BCUT2D eigenvalue weighted by Crippen LogP contribution is 2.12. The first-order chi connectivity index (χ1) is 8.95. The fraction of sp³-hybridized carbons (Fsp3) is 0.909. The third-order valence-electron chi connectivity index (χ3n) is 2.66. The Bertz CT molecular complexity index is 389. The summed E-state index contributed by atoms with van der Waals surface area (Å²) in [5, 5.41) is 6.15. The minimum atomic E-state index is -3.14. The van der Waals surface area contributed by atoms with E-state index >= 15 is 0 Å². The molecule has 1 aliphatic heterocycles. The smallest absolute Gasteiger partial charge is 0.215 e. The first-order valence-corrected chi connectivity index (χ1v) is 9.25. The van der Waals surface area contributed by atoms with Crippen LogP contribution in [0.3, 0.4) is 0 Å². The quantitative estimate of drug-likeness (QED) is 0.550. The number of sulfonamides is 1. The van der Waals surface area contributed by atoms with Crippen LogP contribution in [-0.4, -0.2) is 68.7 Å². The summed E-state index contributed by atoms with van der Waals surface area (Å²) < 4.78 is 25.8. The van der Waals surface area contributed by atoms with Gasteiger partial charge in [-0.15, -0.1) is 0 Å². The van der Waals surface area contributed by atoms with Crippen molar-refractivity contribution < 1.29 is 8.42 Å². The van der Waals surface area contributed by atoms with Crippen molar-refractivity contribution in [3.05, 3.63) is 0 Å². The van der Waals surface area contributed by atoms with Gasteiger partial charge in [-0.25, -0.2) is 12.7 Å². The third-order valence-corrected chi connectivity index (χ3v) is 5.48. The van der Waals surface area contributed by atoms with Gasteiger partial charge in [0.05, 0.1) is 5.75 Å². The van der Waals surface area contributed by atoms with Crippen molar-refractivity contribution in [2.24, 2.45) is 4.99 Å². The lowest BCUT2D eigenvalue weighted by atomic mass is 10.4. The van der Waals surface area contributed by atoms with E-state index in [1.54, 1.807) is 23.1 Å². The van der Waals surface area contributed by atoms with E-state index in [1.165, 1.54) is 0 Å². The van der Waals surface area contributed by atoms with Crippen LogP contribution in [0, 0.1) is 0 Å². The van der Waals surface area contributed by atoms with E-state index in [-0.39, 0.29) is 11.8 Å². The lowest BCUT2D eigenvalue weighted by Crippen LogP contribution is -2.45. The molecule has 1 heterocycles. The zero-order chi connectivity index (χ0) is 14.3. The van der Waals surface area contributed by atoms with Gasteiger partial charge in [0, 0.05) is 44.2 Å². The standard InChI is InChI=1S/C11H24N4O2S2/c1-10(2)14-11(12-3)13-4-9-19(16,17)15-5-7-18-8-6-15/h10H,4-9H2,1-3H3,(H2,12,13,14). The minimum absolute atomic E-state index is 0.108. The Morgan fingerprint density at radius 2 is 2.00 bits per heavy atom. The number of rotatable bonds is 5.